The number of nitrogens with two attached hydrogens (primary N) is 1. The number of imide groups is 1. The molecule has 2 saturated heterocycles. The van der Waals surface area contributed by atoms with Gasteiger partial charge in [-0.3, -0.25) is 30.0 Å². The van der Waals surface area contributed by atoms with E-state index in [-0.39, 0.29) is 41.8 Å². The molecule has 0 unspecified atom stereocenters. The van der Waals surface area contributed by atoms with Crippen LogP contribution in [0.1, 0.15) is 78.8 Å². The van der Waals surface area contributed by atoms with Gasteiger partial charge in [-0.15, -0.1) is 0 Å². The number of benzene rings is 3. The van der Waals surface area contributed by atoms with Crippen LogP contribution in [0.4, 0.5) is 27.3 Å². The van der Waals surface area contributed by atoms with Crippen LogP contribution in [0, 0.1) is 24.1 Å². The van der Waals surface area contributed by atoms with Crippen molar-refractivity contribution in [2.45, 2.75) is 58.9 Å². The molecule has 336 valence electrons. The maximum absolute atomic E-state index is 15.6. The molecule has 2 aromatic heterocycles. The predicted octanol–water partition coefficient (Wildman–Crippen LogP) is 5.94. The zero-order valence-electron chi connectivity index (χ0n) is 37.3. The van der Waals surface area contributed by atoms with E-state index in [1.54, 1.807) is 25.3 Å². The van der Waals surface area contributed by atoms with Crippen molar-refractivity contribution in [1.82, 2.24) is 30.7 Å². The Bertz CT molecular complexity index is 2450. The van der Waals surface area contributed by atoms with Gasteiger partial charge in [0, 0.05) is 118 Å². The van der Waals surface area contributed by atoms with Crippen molar-refractivity contribution in [2.24, 2.45) is 5.92 Å². The number of nitrogens with one attached hydrogen (secondary N) is 3. The van der Waals surface area contributed by atoms with E-state index in [1.165, 1.54) is 11.8 Å². The smallest absolute Gasteiger partial charge is 0.292 e. The molecule has 16 heteroatoms. The summed E-state index contributed by atoms with van der Waals surface area (Å²) in [7, 11) is 1.95. The van der Waals surface area contributed by atoms with Gasteiger partial charge in [-0.25, -0.2) is 9.37 Å². The highest BCUT2D eigenvalue weighted by atomic mass is 19.1. The van der Waals surface area contributed by atoms with Gasteiger partial charge in [0.05, 0.1) is 5.71 Å². The van der Waals surface area contributed by atoms with Crippen LogP contribution in [0.5, 0.6) is 0 Å². The third-order valence-electron chi connectivity index (χ3n) is 12.2. The molecule has 0 spiro atoms. The topological polar surface area (TPSA) is 190 Å². The van der Waals surface area contributed by atoms with Crippen molar-refractivity contribution in [3.05, 3.63) is 113 Å². The van der Waals surface area contributed by atoms with Crippen LogP contribution in [-0.4, -0.2) is 103 Å². The van der Waals surface area contributed by atoms with Crippen LogP contribution in [0.15, 0.2) is 77.4 Å². The Balaban J connectivity index is 0.882. The van der Waals surface area contributed by atoms with Crippen molar-refractivity contribution in [2.75, 3.05) is 79.8 Å². The van der Waals surface area contributed by atoms with Gasteiger partial charge >= 0.3 is 0 Å². The van der Waals surface area contributed by atoms with Crippen LogP contribution in [-0.2, 0) is 21.5 Å². The summed E-state index contributed by atoms with van der Waals surface area (Å²) in [6.07, 6.45) is 4.66. The number of aromatic nitrogens is 3. The highest BCUT2D eigenvalue weighted by molar-refractivity contribution is 6.14. The molecule has 4 heterocycles. The van der Waals surface area contributed by atoms with E-state index in [0.29, 0.717) is 41.5 Å². The molecular formula is C48H58FN11O4. The van der Waals surface area contributed by atoms with E-state index in [2.05, 4.69) is 76.9 Å². The Labute approximate surface area is 373 Å². The summed E-state index contributed by atoms with van der Waals surface area (Å²) in [6.45, 7) is 15.1. The molecule has 2 fully saturated rings. The zero-order valence-corrected chi connectivity index (χ0v) is 37.3. The number of pyridine rings is 1. The first-order chi connectivity index (χ1) is 30.7. The molecule has 2 aliphatic rings. The highest BCUT2D eigenvalue weighted by Crippen LogP contribution is 2.30. The Morgan fingerprint density at radius 3 is 2.23 bits per heavy atom. The van der Waals surface area contributed by atoms with Gasteiger partial charge in [0.1, 0.15) is 11.6 Å². The number of carbonyl (C=O) groups is 3. The normalized spacial score (nSPS) is 14.9. The molecule has 0 atom stereocenters. The van der Waals surface area contributed by atoms with E-state index < -0.39 is 17.1 Å². The van der Waals surface area contributed by atoms with Gasteiger partial charge < -0.3 is 30.3 Å². The molecule has 64 heavy (non-hydrogen) atoms. The van der Waals surface area contributed by atoms with Gasteiger partial charge in [-0.1, -0.05) is 38.1 Å². The van der Waals surface area contributed by atoms with E-state index in [0.717, 1.165) is 81.2 Å². The van der Waals surface area contributed by atoms with Gasteiger partial charge in [-0.05, 0) is 97.0 Å². The third kappa shape index (κ3) is 10.9. The molecule has 5 N–H and O–H groups in total. The van der Waals surface area contributed by atoms with Gasteiger partial charge in [0.15, 0.2) is 0 Å². The van der Waals surface area contributed by atoms with Crippen LogP contribution >= 0.6 is 0 Å². The molecule has 3 aromatic carbocycles. The monoisotopic (exact) mass is 871 g/mol. The molecule has 0 bridgehead atoms. The standard InChI is InChI=1S/C48H58FN11O4/c1-31-24-39(41(49)26-34(31)27-53-46(63)45-55-47(64-56-45)48(2,3)4)43(50)40-25-35(28-52-44(40)51)33-6-8-37(9-7-33)60-22-20-58(21-23-60)29-32-14-18-59(19-15-32)38-12-10-36(11-13-38)57(5)17-16-42(62)54-30-61/h6-13,24-26,28,30,32,50H,14-23,27,29H2,1-5H3,(H2,51,52)(H,53,63)(H,54,61,62). The van der Waals surface area contributed by atoms with Crippen molar-refractivity contribution in [3.63, 3.8) is 0 Å². The number of nitrogens with zero attached hydrogens (tertiary/aromatic N) is 7. The number of aryl methyl sites for hydroxylation is 1. The Hall–Kier alpha value is -6.68. The maximum atomic E-state index is 15.6. The fourth-order valence-corrected chi connectivity index (χ4v) is 8.20. The molecular weight excluding hydrogens is 814 g/mol. The van der Waals surface area contributed by atoms with Crippen LogP contribution in [0.3, 0.4) is 0 Å². The van der Waals surface area contributed by atoms with Crippen molar-refractivity contribution in [3.8, 4) is 11.1 Å². The second-order valence-corrected chi connectivity index (χ2v) is 17.8. The van der Waals surface area contributed by atoms with Gasteiger partial charge in [-0.2, -0.15) is 4.98 Å². The average Bonchev–Trinajstić information content (AvgIpc) is 3.81. The summed E-state index contributed by atoms with van der Waals surface area (Å²) in [5.74, 6) is -0.389. The minimum absolute atomic E-state index is 0.0367. The number of anilines is 4. The summed E-state index contributed by atoms with van der Waals surface area (Å²) in [6, 6.07) is 21.5. The number of piperidine rings is 1. The number of amides is 3. The van der Waals surface area contributed by atoms with Crippen LogP contribution in [0.25, 0.3) is 11.1 Å². The van der Waals surface area contributed by atoms with Gasteiger partial charge in [0.25, 0.3) is 11.7 Å². The van der Waals surface area contributed by atoms with Crippen LogP contribution < -0.4 is 31.1 Å². The molecule has 0 aliphatic carbocycles. The minimum atomic E-state index is -0.614. The zero-order chi connectivity index (χ0) is 45.5. The van der Waals surface area contributed by atoms with Crippen molar-refractivity contribution in [1.29, 1.82) is 5.41 Å². The van der Waals surface area contributed by atoms with E-state index in [4.69, 9.17) is 15.7 Å². The van der Waals surface area contributed by atoms with Gasteiger partial charge in [0.2, 0.25) is 18.2 Å². The quantitative estimate of drug-likeness (QED) is 0.0717. The first kappa shape index (κ1) is 45.3. The number of piperazine rings is 1. The number of nitrogen functional groups attached to an aromatic ring is 1. The molecule has 5 aromatic rings. The summed E-state index contributed by atoms with van der Waals surface area (Å²) < 4.78 is 20.9. The second kappa shape index (κ2) is 19.8. The highest BCUT2D eigenvalue weighted by Gasteiger charge is 2.26. The number of rotatable bonds is 15. The lowest BCUT2D eigenvalue weighted by Crippen LogP contribution is -2.49. The SMILES string of the molecule is Cc1cc(C(=N)c2cc(-c3ccc(N4CCN(CC5CCN(c6ccc(N(C)CCC(=O)NC=O)cc6)CC5)CC4)cc3)cnc2N)c(F)cc1CNC(=O)c1noc(C(C)(C)C)n1. The van der Waals surface area contributed by atoms with Crippen molar-refractivity contribution < 1.29 is 23.3 Å². The fraction of sp³-hybridized carbons (Fsp3) is 0.396. The Morgan fingerprint density at radius 1 is 0.938 bits per heavy atom. The molecule has 7 rings (SSSR count). The second-order valence-electron chi connectivity index (χ2n) is 17.8. The first-order valence-corrected chi connectivity index (χ1v) is 21.8. The molecule has 0 saturated carbocycles. The Morgan fingerprint density at radius 2 is 1.59 bits per heavy atom. The largest absolute Gasteiger partial charge is 0.383 e. The Kier molecular flexibility index (Phi) is 14.0. The number of hydrogen-bond acceptors (Lipinski definition) is 13. The molecule has 3 amide bonds. The summed E-state index contributed by atoms with van der Waals surface area (Å²) in [5.41, 5.74) is 12.5. The fourth-order valence-electron chi connectivity index (χ4n) is 8.20. The van der Waals surface area contributed by atoms with E-state index in [9.17, 15) is 14.4 Å². The molecule has 15 nitrogen and oxygen atoms in total. The number of carbonyl (C=O) groups excluding carboxylic acids is 3. The lowest BCUT2D eigenvalue weighted by molar-refractivity contribution is -0.125. The van der Waals surface area contributed by atoms with E-state index >= 15 is 4.39 Å². The maximum Gasteiger partial charge on any atom is 0.292 e. The number of hydrogen-bond donors (Lipinski definition) is 4. The summed E-state index contributed by atoms with van der Waals surface area (Å²) >= 11 is 0. The summed E-state index contributed by atoms with van der Waals surface area (Å²) in [5, 5.41) is 17.7. The minimum Gasteiger partial charge on any atom is -0.383 e. The third-order valence-corrected chi connectivity index (χ3v) is 12.2. The van der Waals surface area contributed by atoms with E-state index in [1.807, 2.05) is 44.9 Å². The first-order valence-electron chi connectivity index (χ1n) is 21.8. The lowest BCUT2D eigenvalue weighted by atomic mass is 9.95. The predicted molar refractivity (Wildman–Crippen MR) is 247 cm³/mol. The average molecular weight is 872 g/mol. The molecule has 0 radical (unpaired) electrons. The molecule has 2 aliphatic heterocycles. The van der Waals surface area contributed by atoms with Crippen molar-refractivity contribution >= 4 is 46.8 Å². The van der Waals surface area contributed by atoms with Crippen LogP contribution in [0.2, 0.25) is 0 Å². The lowest BCUT2D eigenvalue weighted by Gasteiger charge is -2.40. The number of halogens is 1. The summed E-state index contributed by atoms with van der Waals surface area (Å²) in [4.78, 5) is 52.9.